The van der Waals surface area contributed by atoms with Gasteiger partial charge >= 0.3 is 18.1 Å². The van der Waals surface area contributed by atoms with Gasteiger partial charge in [0.15, 0.2) is 0 Å². The van der Waals surface area contributed by atoms with Crippen LogP contribution in [0.4, 0.5) is 18.9 Å². The number of hydroxylamine groups is 1. The van der Waals surface area contributed by atoms with Crippen molar-refractivity contribution in [2.45, 2.75) is 38.7 Å². The summed E-state index contributed by atoms with van der Waals surface area (Å²) in [5.41, 5.74) is -1.01. The van der Waals surface area contributed by atoms with Crippen LogP contribution in [-0.2, 0) is 14.3 Å². The molecular formula is C14H16F3IN2O4. The summed E-state index contributed by atoms with van der Waals surface area (Å²) in [5.74, 6) is -3.61. The number of anilines is 1. The molecule has 0 aliphatic carbocycles. The average Bonchev–Trinajstić information content (AvgIpc) is 2.41. The van der Waals surface area contributed by atoms with Gasteiger partial charge in [0.1, 0.15) is 5.60 Å². The number of hydrogen-bond donors (Lipinski definition) is 2. The van der Waals surface area contributed by atoms with Crippen LogP contribution in [0.5, 0.6) is 0 Å². The Morgan fingerprint density at radius 2 is 1.71 bits per heavy atom. The van der Waals surface area contributed by atoms with Crippen molar-refractivity contribution in [3.05, 3.63) is 27.8 Å². The minimum atomic E-state index is -5.22. The number of amides is 1. The number of nitrogens with one attached hydrogen (secondary N) is 1. The standard InChI is InChI=1S/C14H16F3IN2O4/c1-13(2,3)24-11(21)10(19-12(22)14(15,16)17)20(23)9-6-4-8(18)5-7-9/h4-7,10,23H,1-3H3,(H,19,22). The van der Waals surface area contributed by atoms with Crippen molar-refractivity contribution >= 4 is 40.2 Å². The number of rotatable bonds is 4. The third-order valence-corrected chi connectivity index (χ3v) is 3.21. The maximum Gasteiger partial charge on any atom is 0.471 e. The Labute approximate surface area is 150 Å². The smallest absolute Gasteiger partial charge is 0.457 e. The molecule has 1 rings (SSSR count). The number of esters is 1. The Bertz CT molecular complexity index is 600. The van der Waals surface area contributed by atoms with E-state index >= 15 is 0 Å². The number of benzene rings is 1. The van der Waals surface area contributed by atoms with Crippen molar-refractivity contribution in [1.29, 1.82) is 0 Å². The van der Waals surface area contributed by atoms with Gasteiger partial charge in [0.2, 0.25) is 6.17 Å². The average molecular weight is 460 g/mol. The van der Waals surface area contributed by atoms with Gasteiger partial charge in [0.25, 0.3) is 0 Å². The van der Waals surface area contributed by atoms with E-state index in [2.05, 4.69) is 0 Å². The van der Waals surface area contributed by atoms with E-state index in [1.807, 2.05) is 22.6 Å². The van der Waals surface area contributed by atoms with Gasteiger partial charge in [-0.25, -0.2) is 9.86 Å². The Kier molecular flexibility index (Phi) is 6.45. The fourth-order valence-corrected chi connectivity index (χ4v) is 1.89. The number of carbonyl (C=O) groups excluding carboxylic acids is 2. The second kappa shape index (κ2) is 7.55. The molecule has 1 aromatic carbocycles. The fourth-order valence-electron chi connectivity index (χ4n) is 1.53. The zero-order chi connectivity index (χ0) is 18.7. The fraction of sp³-hybridized carbons (Fsp3) is 0.429. The van der Waals surface area contributed by atoms with Gasteiger partial charge in [-0.3, -0.25) is 10.0 Å². The summed E-state index contributed by atoms with van der Waals surface area (Å²) in [6, 6.07) is 5.88. The summed E-state index contributed by atoms with van der Waals surface area (Å²) in [5, 5.41) is 11.7. The number of halogens is 4. The molecule has 2 N–H and O–H groups in total. The summed E-state index contributed by atoms with van der Waals surface area (Å²) < 4.78 is 43.2. The van der Waals surface area contributed by atoms with E-state index in [1.165, 1.54) is 38.2 Å². The normalized spacial score (nSPS) is 13.2. The third-order valence-electron chi connectivity index (χ3n) is 2.49. The van der Waals surface area contributed by atoms with Crippen LogP contribution in [0.1, 0.15) is 20.8 Å². The SMILES string of the molecule is CC(C)(C)OC(=O)C(NC(=O)C(F)(F)F)N(O)c1ccc(I)cc1. The number of nitrogens with zero attached hydrogens (tertiary/aromatic N) is 1. The predicted molar refractivity (Wildman–Crippen MR) is 87.3 cm³/mol. The van der Waals surface area contributed by atoms with Crippen LogP contribution in [0.25, 0.3) is 0 Å². The molecule has 24 heavy (non-hydrogen) atoms. The molecule has 1 amide bonds. The molecule has 0 saturated carbocycles. The van der Waals surface area contributed by atoms with Crippen molar-refractivity contribution in [1.82, 2.24) is 5.32 Å². The Balaban J connectivity index is 3.09. The number of ether oxygens (including phenoxy) is 1. The van der Waals surface area contributed by atoms with E-state index in [1.54, 1.807) is 12.1 Å². The van der Waals surface area contributed by atoms with E-state index in [4.69, 9.17) is 4.74 Å². The van der Waals surface area contributed by atoms with Crippen LogP contribution in [0.2, 0.25) is 0 Å². The van der Waals surface area contributed by atoms with Gasteiger partial charge in [-0.05, 0) is 67.6 Å². The molecule has 0 heterocycles. The largest absolute Gasteiger partial charge is 0.471 e. The first-order chi connectivity index (χ1) is 10.8. The number of alkyl halides is 3. The summed E-state index contributed by atoms with van der Waals surface area (Å²) in [6.45, 7) is 4.50. The van der Waals surface area contributed by atoms with Crippen molar-refractivity contribution in [3.8, 4) is 0 Å². The first kappa shape index (κ1) is 20.5. The lowest BCUT2D eigenvalue weighted by atomic mass is 10.2. The number of hydrogen-bond acceptors (Lipinski definition) is 5. The van der Waals surface area contributed by atoms with Crippen LogP contribution in [0.3, 0.4) is 0 Å². The molecule has 1 unspecified atom stereocenters. The van der Waals surface area contributed by atoms with Crippen molar-refractivity contribution in [3.63, 3.8) is 0 Å². The molecule has 0 bridgehead atoms. The second-order valence-corrected chi connectivity index (χ2v) is 6.97. The van der Waals surface area contributed by atoms with Crippen LogP contribution in [-0.4, -0.2) is 35.0 Å². The van der Waals surface area contributed by atoms with Crippen molar-refractivity contribution in [2.24, 2.45) is 0 Å². The first-order valence-corrected chi connectivity index (χ1v) is 7.73. The molecule has 0 aliphatic rings. The molecule has 1 aromatic rings. The van der Waals surface area contributed by atoms with E-state index in [9.17, 15) is 28.0 Å². The van der Waals surface area contributed by atoms with Gasteiger partial charge in [0, 0.05) is 3.57 Å². The highest BCUT2D eigenvalue weighted by molar-refractivity contribution is 14.1. The van der Waals surface area contributed by atoms with Gasteiger partial charge in [-0.15, -0.1) is 0 Å². The molecule has 0 radical (unpaired) electrons. The Hall–Kier alpha value is -1.56. The highest BCUT2D eigenvalue weighted by atomic mass is 127. The number of carbonyl (C=O) groups is 2. The van der Waals surface area contributed by atoms with Crippen molar-refractivity contribution < 1.29 is 32.7 Å². The molecule has 134 valence electrons. The van der Waals surface area contributed by atoms with E-state index in [0.29, 0.717) is 0 Å². The van der Waals surface area contributed by atoms with E-state index in [-0.39, 0.29) is 10.8 Å². The van der Waals surface area contributed by atoms with Crippen LogP contribution in [0.15, 0.2) is 24.3 Å². The molecule has 10 heteroatoms. The van der Waals surface area contributed by atoms with Gasteiger partial charge in [0.05, 0.1) is 5.69 Å². The zero-order valence-electron chi connectivity index (χ0n) is 13.0. The lowest BCUT2D eigenvalue weighted by Crippen LogP contribution is -2.56. The van der Waals surface area contributed by atoms with E-state index < -0.39 is 29.8 Å². The molecule has 0 spiro atoms. The van der Waals surface area contributed by atoms with Gasteiger partial charge < -0.3 is 10.1 Å². The molecule has 1 atom stereocenters. The zero-order valence-corrected chi connectivity index (χ0v) is 15.2. The summed E-state index contributed by atoms with van der Waals surface area (Å²) in [6.07, 6.45) is -7.27. The monoisotopic (exact) mass is 460 g/mol. The Morgan fingerprint density at radius 3 is 2.12 bits per heavy atom. The highest BCUT2D eigenvalue weighted by Crippen LogP contribution is 2.20. The highest BCUT2D eigenvalue weighted by Gasteiger charge is 2.43. The Morgan fingerprint density at radius 1 is 1.21 bits per heavy atom. The predicted octanol–water partition coefficient (Wildman–Crippen LogP) is 2.83. The summed E-state index contributed by atoms with van der Waals surface area (Å²) in [7, 11) is 0. The quantitative estimate of drug-likeness (QED) is 0.313. The molecule has 0 aromatic heterocycles. The van der Waals surface area contributed by atoms with E-state index in [0.717, 1.165) is 3.57 Å². The van der Waals surface area contributed by atoms with Crippen LogP contribution < -0.4 is 10.4 Å². The van der Waals surface area contributed by atoms with Gasteiger partial charge in [-0.1, -0.05) is 0 Å². The van der Waals surface area contributed by atoms with Crippen molar-refractivity contribution in [2.75, 3.05) is 5.06 Å². The first-order valence-electron chi connectivity index (χ1n) is 6.65. The van der Waals surface area contributed by atoms with Gasteiger partial charge in [-0.2, -0.15) is 13.2 Å². The second-order valence-electron chi connectivity index (χ2n) is 5.73. The molecule has 6 nitrogen and oxygen atoms in total. The van der Waals surface area contributed by atoms with Crippen LogP contribution >= 0.6 is 22.6 Å². The maximum absolute atomic E-state index is 12.5. The summed E-state index contributed by atoms with van der Waals surface area (Å²) >= 11 is 1.99. The third kappa shape index (κ3) is 6.15. The minimum Gasteiger partial charge on any atom is -0.457 e. The molecular weight excluding hydrogens is 444 g/mol. The topological polar surface area (TPSA) is 78.9 Å². The molecule has 0 saturated heterocycles. The lowest BCUT2D eigenvalue weighted by Gasteiger charge is -2.30. The lowest BCUT2D eigenvalue weighted by molar-refractivity contribution is -0.178. The summed E-state index contributed by atoms with van der Waals surface area (Å²) in [4.78, 5) is 23.2. The molecule has 0 fully saturated rings. The maximum atomic E-state index is 12.5. The van der Waals surface area contributed by atoms with Crippen LogP contribution in [0, 0.1) is 3.57 Å². The molecule has 0 aliphatic heterocycles. The minimum absolute atomic E-state index is 0.00810.